The van der Waals surface area contributed by atoms with E-state index in [2.05, 4.69) is 11.8 Å². The highest BCUT2D eigenvalue weighted by atomic mass is 16.1. The van der Waals surface area contributed by atoms with Crippen molar-refractivity contribution in [3.05, 3.63) is 0 Å². The molecule has 68 valence electrons. The van der Waals surface area contributed by atoms with Crippen LogP contribution < -0.4 is 0 Å². The second-order valence-corrected chi connectivity index (χ2v) is 4.18. The summed E-state index contributed by atoms with van der Waals surface area (Å²) in [5, 5.41) is 0. The lowest BCUT2D eigenvalue weighted by Crippen LogP contribution is -2.52. The lowest BCUT2D eigenvalue weighted by molar-refractivity contribution is -0.142. The molecule has 0 N–H and O–H groups in total. The minimum absolute atomic E-state index is 0.119. The van der Waals surface area contributed by atoms with Gasteiger partial charge in [0.15, 0.2) is 0 Å². The minimum atomic E-state index is 0.119. The molecule has 0 aromatic heterocycles. The molecule has 2 rings (SSSR count). The predicted octanol–water partition coefficient (Wildman–Crippen LogP) is 1.45. The van der Waals surface area contributed by atoms with Crippen LogP contribution in [-0.2, 0) is 4.79 Å². The van der Waals surface area contributed by atoms with Crippen molar-refractivity contribution < 1.29 is 4.79 Å². The molecule has 1 spiro atoms. The Labute approximate surface area is 73.9 Å². The monoisotopic (exact) mass is 167 g/mol. The van der Waals surface area contributed by atoms with Crippen LogP contribution in [0.25, 0.3) is 0 Å². The molecule has 1 atom stereocenters. The van der Waals surface area contributed by atoms with Crippen LogP contribution in [0.1, 0.15) is 32.6 Å². The van der Waals surface area contributed by atoms with E-state index < -0.39 is 0 Å². The van der Waals surface area contributed by atoms with Crippen LogP contribution in [0, 0.1) is 5.41 Å². The Morgan fingerprint density at radius 3 is 2.83 bits per heavy atom. The minimum Gasteiger partial charge on any atom is -0.303 e. The Kier molecular flexibility index (Phi) is 1.95. The van der Waals surface area contributed by atoms with Crippen LogP contribution in [0.2, 0.25) is 0 Å². The maximum Gasteiger partial charge on any atom is 0.140 e. The number of carbonyl (C=O) groups excluding carboxylic acids is 1. The molecule has 0 bridgehead atoms. The first-order chi connectivity index (χ1) is 5.77. The van der Waals surface area contributed by atoms with Gasteiger partial charge in [0.2, 0.25) is 0 Å². The molecule has 2 aliphatic rings. The summed E-state index contributed by atoms with van der Waals surface area (Å²) in [4.78, 5) is 13.9. The molecule has 1 saturated carbocycles. The normalized spacial score (nSPS) is 36.9. The molecule has 0 unspecified atom stereocenters. The summed E-state index contributed by atoms with van der Waals surface area (Å²) in [6.45, 7) is 5.53. The SMILES string of the molecule is CCN1CCC[C@@]2(CCC2=O)C1. The molecule has 0 aromatic rings. The quantitative estimate of drug-likeness (QED) is 0.589. The summed E-state index contributed by atoms with van der Waals surface area (Å²) in [7, 11) is 0. The van der Waals surface area contributed by atoms with E-state index in [0.717, 1.165) is 32.4 Å². The average Bonchev–Trinajstić information content (AvgIpc) is 2.15. The number of Topliss-reactive ketones (excluding diaryl/α,β-unsaturated/α-hetero) is 1. The van der Waals surface area contributed by atoms with Crippen molar-refractivity contribution in [3.63, 3.8) is 0 Å². The van der Waals surface area contributed by atoms with E-state index in [1.54, 1.807) is 0 Å². The molecular formula is C10H17NO. The number of hydrogen-bond acceptors (Lipinski definition) is 2. The van der Waals surface area contributed by atoms with Gasteiger partial charge in [0.25, 0.3) is 0 Å². The summed E-state index contributed by atoms with van der Waals surface area (Å²) in [6.07, 6.45) is 4.38. The van der Waals surface area contributed by atoms with Crippen molar-refractivity contribution in [1.82, 2.24) is 4.90 Å². The molecule has 0 amide bonds. The zero-order valence-corrected chi connectivity index (χ0v) is 7.81. The fraction of sp³-hybridized carbons (Fsp3) is 0.900. The maximum atomic E-state index is 11.4. The van der Waals surface area contributed by atoms with Gasteiger partial charge in [0.05, 0.1) is 0 Å². The van der Waals surface area contributed by atoms with Gasteiger partial charge in [-0.3, -0.25) is 4.79 Å². The molecule has 1 aliphatic heterocycles. The predicted molar refractivity (Wildman–Crippen MR) is 48.0 cm³/mol. The Hall–Kier alpha value is -0.370. The Bertz CT molecular complexity index is 202. The molecular weight excluding hydrogens is 150 g/mol. The first-order valence-corrected chi connectivity index (χ1v) is 5.02. The van der Waals surface area contributed by atoms with E-state index in [1.165, 1.54) is 13.0 Å². The largest absolute Gasteiger partial charge is 0.303 e. The van der Waals surface area contributed by atoms with Crippen molar-refractivity contribution in [3.8, 4) is 0 Å². The first-order valence-electron chi connectivity index (χ1n) is 5.02. The standard InChI is InChI=1S/C10H17NO/c1-2-11-7-3-5-10(8-11)6-4-9(10)12/h2-8H2,1H3/t10-/m1/s1. The van der Waals surface area contributed by atoms with Gasteiger partial charge in [0.1, 0.15) is 5.78 Å². The van der Waals surface area contributed by atoms with Crippen molar-refractivity contribution in [1.29, 1.82) is 0 Å². The zero-order valence-electron chi connectivity index (χ0n) is 7.81. The van der Waals surface area contributed by atoms with Crippen LogP contribution in [0.3, 0.4) is 0 Å². The fourth-order valence-corrected chi connectivity index (χ4v) is 2.51. The first kappa shape index (κ1) is 8.24. The number of likely N-dealkylation sites (tertiary alicyclic amines) is 1. The molecule has 0 aromatic carbocycles. The van der Waals surface area contributed by atoms with Crippen molar-refractivity contribution in [2.24, 2.45) is 5.41 Å². The van der Waals surface area contributed by atoms with Crippen molar-refractivity contribution in [2.75, 3.05) is 19.6 Å². The molecule has 1 aliphatic carbocycles. The third kappa shape index (κ3) is 1.09. The van der Waals surface area contributed by atoms with E-state index in [-0.39, 0.29) is 5.41 Å². The fourth-order valence-electron chi connectivity index (χ4n) is 2.51. The molecule has 1 saturated heterocycles. The number of carbonyl (C=O) groups is 1. The molecule has 1 heterocycles. The highest BCUT2D eigenvalue weighted by Gasteiger charge is 2.47. The van der Waals surface area contributed by atoms with Crippen LogP contribution >= 0.6 is 0 Å². The lowest BCUT2D eigenvalue weighted by atomic mass is 9.63. The molecule has 0 radical (unpaired) electrons. The number of hydrogen-bond donors (Lipinski definition) is 0. The molecule has 12 heavy (non-hydrogen) atoms. The third-order valence-electron chi connectivity index (χ3n) is 3.53. The highest BCUT2D eigenvalue weighted by molar-refractivity contribution is 5.90. The van der Waals surface area contributed by atoms with Crippen LogP contribution in [0.5, 0.6) is 0 Å². The number of nitrogens with zero attached hydrogens (tertiary/aromatic N) is 1. The van der Waals surface area contributed by atoms with Gasteiger partial charge in [-0.25, -0.2) is 0 Å². The summed E-state index contributed by atoms with van der Waals surface area (Å²) < 4.78 is 0. The molecule has 2 fully saturated rings. The summed E-state index contributed by atoms with van der Waals surface area (Å²) >= 11 is 0. The van der Waals surface area contributed by atoms with E-state index in [1.807, 2.05) is 0 Å². The van der Waals surface area contributed by atoms with E-state index in [4.69, 9.17) is 0 Å². The van der Waals surface area contributed by atoms with Crippen LogP contribution in [-0.4, -0.2) is 30.3 Å². The highest BCUT2D eigenvalue weighted by Crippen LogP contribution is 2.44. The molecule has 2 heteroatoms. The number of piperidine rings is 1. The van der Waals surface area contributed by atoms with Crippen molar-refractivity contribution in [2.45, 2.75) is 32.6 Å². The lowest BCUT2D eigenvalue weighted by Gasteiger charge is -2.47. The Balaban J connectivity index is 2.02. The van der Waals surface area contributed by atoms with E-state index >= 15 is 0 Å². The van der Waals surface area contributed by atoms with Gasteiger partial charge in [-0.05, 0) is 32.4 Å². The van der Waals surface area contributed by atoms with E-state index in [9.17, 15) is 4.79 Å². The van der Waals surface area contributed by atoms with Gasteiger partial charge in [-0.2, -0.15) is 0 Å². The van der Waals surface area contributed by atoms with Crippen molar-refractivity contribution >= 4 is 5.78 Å². The smallest absolute Gasteiger partial charge is 0.140 e. The van der Waals surface area contributed by atoms with Gasteiger partial charge in [-0.15, -0.1) is 0 Å². The molecule has 2 nitrogen and oxygen atoms in total. The third-order valence-corrected chi connectivity index (χ3v) is 3.53. The number of ketones is 1. The van der Waals surface area contributed by atoms with Crippen LogP contribution in [0.15, 0.2) is 0 Å². The summed E-state index contributed by atoms with van der Waals surface area (Å²) in [5.41, 5.74) is 0.119. The number of rotatable bonds is 1. The van der Waals surface area contributed by atoms with E-state index in [0.29, 0.717) is 5.78 Å². The van der Waals surface area contributed by atoms with Gasteiger partial charge in [0, 0.05) is 18.4 Å². The Morgan fingerprint density at radius 1 is 1.50 bits per heavy atom. The van der Waals surface area contributed by atoms with Gasteiger partial charge in [-0.1, -0.05) is 6.92 Å². The average molecular weight is 167 g/mol. The zero-order chi connectivity index (χ0) is 8.60. The summed E-state index contributed by atoms with van der Waals surface area (Å²) in [6, 6.07) is 0. The summed E-state index contributed by atoms with van der Waals surface area (Å²) in [5.74, 6) is 0.528. The second kappa shape index (κ2) is 2.84. The van der Waals surface area contributed by atoms with Crippen LogP contribution in [0.4, 0.5) is 0 Å². The Morgan fingerprint density at radius 2 is 2.33 bits per heavy atom. The maximum absolute atomic E-state index is 11.4. The topological polar surface area (TPSA) is 20.3 Å². The second-order valence-electron chi connectivity index (χ2n) is 4.18. The van der Waals surface area contributed by atoms with Gasteiger partial charge >= 0.3 is 0 Å². The van der Waals surface area contributed by atoms with Gasteiger partial charge < -0.3 is 4.90 Å².